The molecular weight excluding hydrogens is 308 g/mol. The van der Waals surface area contributed by atoms with Crippen LogP contribution in [0.4, 0.5) is 10.5 Å². The molecule has 1 amide bonds. The maximum absolute atomic E-state index is 12.6. The lowest BCUT2D eigenvalue weighted by Gasteiger charge is -2.12. The number of nitrogens with one attached hydrogen (secondary N) is 1. The van der Waals surface area contributed by atoms with Crippen LogP contribution >= 0.6 is 0 Å². The van der Waals surface area contributed by atoms with Gasteiger partial charge in [0, 0.05) is 17.3 Å². The first-order valence-corrected chi connectivity index (χ1v) is 7.23. The van der Waals surface area contributed by atoms with Gasteiger partial charge >= 0.3 is 12.0 Å². The zero-order chi connectivity index (χ0) is 17.3. The predicted octanol–water partition coefficient (Wildman–Crippen LogP) is 3.09. The first-order chi connectivity index (χ1) is 11.5. The maximum atomic E-state index is 12.6. The van der Waals surface area contributed by atoms with Crippen LogP contribution < -0.4 is 10.7 Å². The van der Waals surface area contributed by atoms with Gasteiger partial charge in [-0.25, -0.2) is 9.59 Å². The van der Waals surface area contributed by atoms with E-state index in [-0.39, 0.29) is 5.39 Å². The van der Waals surface area contributed by atoms with Crippen molar-refractivity contribution in [1.82, 2.24) is 4.57 Å². The van der Waals surface area contributed by atoms with Crippen molar-refractivity contribution in [2.45, 2.75) is 6.92 Å². The second kappa shape index (κ2) is 6.00. The van der Waals surface area contributed by atoms with Crippen molar-refractivity contribution in [3.8, 4) is 0 Å². The number of carbonyl (C=O) groups excluding carboxylic acids is 1. The number of nitrogens with zero attached hydrogens (tertiary/aromatic N) is 1. The number of carboxylic acids is 1. The van der Waals surface area contributed by atoms with Crippen molar-refractivity contribution >= 4 is 28.6 Å². The van der Waals surface area contributed by atoms with Gasteiger partial charge in [-0.2, -0.15) is 0 Å². The van der Waals surface area contributed by atoms with Crippen molar-refractivity contribution in [2.75, 3.05) is 5.32 Å². The molecule has 0 bridgehead atoms. The van der Waals surface area contributed by atoms with Crippen LogP contribution in [0.15, 0.2) is 59.5 Å². The van der Waals surface area contributed by atoms with Crippen LogP contribution in [0.3, 0.4) is 0 Å². The molecule has 2 aromatic carbocycles. The highest BCUT2D eigenvalue weighted by atomic mass is 16.4. The fourth-order valence-electron chi connectivity index (χ4n) is 2.42. The number of amides is 1. The third-order valence-corrected chi connectivity index (χ3v) is 3.66. The second-order valence-corrected chi connectivity index (χ2v) is 5.36. The van der Waals surface area contributed by atoms with E-state index in [0.717, 1.165) is 16.3 Å². The summed E-state index contributed by atoms with van der Waals surface area (Å²) in [5.74, 6) is -1.37. The highest BCUT2D eigenvalue weighted by Gasteiger charge is 2.17. The van der Waals surface area contributed by atoms with Gasteiger partial charge in [0.15, 0.2) is 0 Å². The molecule has 0 saturated heterocycles. The summed E-state index contributed by atoms with van der Waals surface area (Å²) in [5, 5.41) is 12.1. The van der Waals surface area contributed by atoms with Crippen molar-refractivity contribution in [1.29, 1.82) is 0 Å². The molecule has 0 aliphatic carbocycles. The fourth-order valence-corrected chi connectivity index (χ4v) is 2.42. The summed E-state index contributed by atoms with van der Waals surface area (Å²) < 4.78 is 1.14. The van der Waals surface area contributed by atoms with Crippen LogP contribution in [0.25, 0.3) is 10.9 Å². The normalized spacial score (nSPS) is 10.5. The number of anilines is 1. The van der Waals surface area contributed by atoms with Gasteiger partial charge in [-0.3, -0.25) is 9.36 Å². The van der Waals surface area contributed by atoms with Crippen molar-refractivity contribution in [2.24, 2.45) is 0 Å². The number of benzene rings is 2. The minimum atomic E-state index is -1.37. The number of fused-ring (bicyclic) bond motifs is 1. The molecule has 6 heteroatoms. The lowest BCUT2D eigenvalue weighted by Crippen LogP contribution is -2.25. The standard InChI is InChI=1S/C18H14N2O4/c1-11-6-8-12(9-7-11)19-18(24)20-10-14(17(22)23)16(21)13-4-2-3-5-15(13)20/h2-10H,1H3,(H,19,24)(H,22,23). The average Bonchev–Trinajstić information content (AvgIpc) is 2.57. The van der Waals surface area contributed by atoms with Crippen LogP contribution in [0, 0.1) is 6.92 Å². The van der Waals surface area contributed by atoms with Gasteiger partial charge in [0.2, 0.25) is 5.43 Å². The van der Waals surface area contributed by atoms with E-state index in [1.165, 1.54) is 6.07 Å². The molecule has 120 valence electrons. The van der Waals surface area contributed by atoms with Gasteiger partial charge in [-0.15, -0.1) is 0 Å². The predicted molar refractivity (Wildman–Crippen MR) is 90.8 cm³/mol. The number of pyridine rings is 1. The molecule has 0 fully saturated rings. The first kappa shape index (κ1) is 15.5. The number of para-hydroxylation sites is 1. The monoisotopic (exact) mass is 322 g/mol. The Morgan fingerprint density at radius 1 is 1.04 bits per heavy atom. The van der Waals surface area contributed by atoms with Crippen LogP contribution in [-0.4, -0.2) is 21.7 Å². The summed E-state index contributed by atoms with van der Waals surface area (Å²) in [6.45, 7) is 1.93. The third-order valence-electron chi connectivity index (χ3n) is 3.66. The SMILES string of the molecule is Cc1ccc(NC(=O)n2cc(C(=O)O)c(=O)c3ccccc32)cc1. The Balaban J connectivity index is 2.12. The summed E-state index contributed by atoms with van der Waals surface area (Å²) in [4.78, 5) is 36.1. The van der Waals surface area contributed by atoms with E-state index in [1.54, 1.807) is 30.3 Å². The zero-order valence-corrected chi connectivity index (χ0v) is 12.8. The van der Waals surface area contributed by atoms with Crippen LogP contribution in [0.5, 0.6) is 0 Å². The molecule has 0 aliphatic rings. The third kappa shape index (κ3) is 2.77. The molecule has 24 heavy (non-hydrogen) atoms. The van der Waals surface area contributed by atoms with Gasteiger partial charge in [0.05, 0.1) is 5.52 Å². The molecule has 0 aliphatic heterocycles. The highest BCUT2D eigenvalue weighted by molar-refractivity contribution is 6.00. The Labute approximate surface area is 137 Å². The molecule has 3 rings (SSSR count). The number of aromatic nitrogens is 1. The van der Waals surface area contributed by atoms with Gasteiger partial charge in [-0.1, -0.05) is 29.8 Å². The van der Waals surface area contributed by atoms with E-state index in [0.29, 0.717) is 11.2 Å². The highest BCUT2D eigenvalue weighted by Crippen LogP contribution is 2.14. The average molecular weight is 322 g/mol. The lowest BCUT2D eigenvalue weighted by molar-refractivity contribution is 0.0695. The molecule has 0 spiro atoms. The summed E-state index contributed by atoms with van der Waals surface area (Å²) in [6.07, 6.45) is 1.05. The Hall–Kier alpha value is -3.41. The van der Waals surface area contributed by atoms with E-state index in [9.17, 15) is 19.5 Å². The number of aromatic carboxylic acids is 1. The molecule has 6 nitrogen and oxygen atoms in total. The summed E-state index contributed by atoms with van der Waals surface area (Å²) >= 11 is 0. The fraction of sp³-hybridized carbons (Fsp3) is 0.0556. The number of aryl methyl sites for hydroxylation is 1. The number of hydrogen-bond donors (Lipinski definition) is 2. The molecule has 3 aromatic rings. The number of carboxylic acid groups (broad SMARTS) is 1. The van der Waals surface area contributed by atoms with E-state index in [4.69, 9.17) is 0 Å². The Morgan fingerprint density at radius 3 is 2.38 bits per heavy atom. The van der Waals surface area contributed by atoms with Crippen molar-refractivity contribution in [3.05, 3.63) is 76.1 Å². The van der Waals surface area contributed by atoms with Crippen molar-refractivity contribution in [3.63, 3.8) is 0 Å². The summed E-state index contributed by atoms with van der Waals surface area (Å²) in [5.41, 5.74) is 0.905. The van der Waals surface area contributed by atoms with Crippen LogP contribution in [-0.2, 0) is 0 Å². The van der Waals surface area contributed by atoms with Crippen LogP contribution in [0.2, 0.25) is 0 Å². The smallest absolute Gasteiger partial charge is 0.341 e. The second-order valence-electron chi connectivity index (χ2n) is 5.36. The number of rotatable bonds is 2. The molecule has 2 N–H and O–H groups in total. The minimum Gasteiger partial charge on any atom is -0.477 e. The largest absolute Gasteiger partial charge is 0.477 e. The van der Waals surface area contributed by atoms with Gasteiger partial charge in [-0.05, 0) is 31.2 Å². The van der Waals surface area contributed by atoms with Gasteiger partial charge in [0.1, 0.15) is 5.56 Å². The first-order valence-electron chi connectivity index (χ1n) is 7.23. The quantitative estimate of drug-likeness (QED) is 0.759. The van der Waals surface area contributed by atoms with Gasteiger partial charge < -0.3 is 10.4 Å². The van der Waals surface area contributed by atoms with Crippen LogP contribution in [0.1, 0.15) is 15.9 Å². The molecule has 0 unspecified atom stereocenters. The molecular formula is C18H14N2O4. The van der Waals surface area contributed by atoms with Gasteiger partial charge in [0.25, 0.3) is 0 Å². The Morgan fingerprint density at radius 2 is 1.71 bits per heavy atom. The maximum Gasteiger partial charge on any atom is 0.341 e. The van der Waals surface area contributed by atoms with E-state index < -0.39 is 23.0 Å². The molecule has 1 aromatic heterocycles. The molecule has 1 heterocycles. The topological polar surface area (TPSA) is 88.4 Å². The summed E-state index contributed by atoms with van der Waals surface area (Å²) in [6, 6.07) is 13.0. The molecule has 0 atom stereocenters. The van der Waals surface area contributed by atoms with E-state index in [2.05, 4.69) is 5.32 Å². The van der Waals surface area contributed by atoms with Crippen molar-refractivity contribution < 1.29 is 14.7 Å². The van der Waals surface area contributed by atoms with E-state index in [1.807, 2.05) is 19.1 Å². The lowest BCUT2D eigenvalue weighted by atomic mass is 10.1. The molecule has 0 saturated carbocycles. The minimum absolute atomic E-state index is 0.177. The summed E-state index contributed by atoms with van der Waals surface area (Å²) in [7, 11) is 0. The number of carbonyl (C=O) groups is 2. The number of hydrogen-bond acceptors (Lipinski definition) is 3. The Kier molecular flexibility index (Phi) is 3.87. The zero-order valence-electron chi connectivity index (χ0n) is 12.8. The Bertz CT molecular complexity index is 1000. The molecule has 0 radical (unpaired) electrons. The van der Waals surface area contributed by atoms with E-state index >= 15 is 0 Å².